The molecule has 6 nitrogen and oxygen atoms in total. The van der Waals surface area contributed by atoms with Crippen LogP contribution in [0.3, 0.4) is 0 Å². The predicted molar refractivity (Wildman–Crippen MR) is 122 cm³/mol. The number of hydrogen-bond acceptors (Lipinski definition) is 6. The van der Waals surface area contributed by atoms with E-state index in [1.807, 2.05) is 0 Å². The lowest BCUT2D eigenvalue weighted by molar-refractivity contribution is -0.260. The maximum atomic E-state index is 11.6. The topological polar surface area (TPSA) is 105 Å². The fourth-order valence-corrected chi connectivity index (χ4v) is 2.90. The fraction of sp³-hybridized carbons (Fsp3) is 0.750. The lowest BCUT2D eigenvalue weighted by Gasteiger charge is -2.09. The highest BCUT2D eigenvalue weighted by Gasteiger charge is 2.17. The van der Waals surface area contributed by atoms with Crippen molar-refractivity contribution in [3.8, 4) is 0 Å². The van der Waals surface area contributed by atoms with Crippen molar-refractivity contribution in [3.63, 3.8) is 0 Å². The van der Waals surface area contributed by atoms with E-state index in [0.29, 0.717) is 13.0 Å². The first-order chi connectivity index (χ1) is 14.6. The van der Waals surface area contributed by atoms with Gasteiger partial charge in [-0.05, 0) is 57.9 Å². The Morgan fingerprint density at radius 2 is 1.43 bits per heavy atom. The molecule has 0 bridgehead atoms. The molecule has 174 valence electrons. The molecule has 0 aromatic carbocycles. The van der Waals surface area contributed by atoms with Gasteiger partial charge in [-0.15, -0.1) is 0 Å². The second-order valence-electron chi connectivity index (χ2n) is 7.73. The Morgan fingerprint density at radius 1 is 0.800 bits per heavy atom. The molecule has 0 aliphatic carbocycles. The van der Waals surface area contributed by atoms with Crippen molar-refractivity contribution in [2.45, 2.75) is 109 Å². The standard InChI is InChI=1S/C24H44N2O4/c1-2-3-4-5-6-7-8-9-10-11-12-13-14-15-16-20-23(27)29-30-24(28)22(26)19-17-18-21-25/h6-7,9-10,22H,2-5,8,11-21,25-26H2,1H3/b7-6+,10-9+/t22-/m0/s1. The summed E-state index contributed by atoms with van der Waals surface area (Å²) in [5.41, 5.74) is 11.1. The number of allylic oxidation sites excluding steroid dienone is 4. The summed E-state index contributed by atoms with van der Waals surface area (Å²) in [7, 11) is 0. The number of carbonyl (C=O) groups excluding carboxylic acids is 2. The summed E-state index contributed by atoms with van der Waals surface area (Å²) >= 11 is 0. The van der Waals surface area contributed by atoms with E-state index in [1.54, 1.807) is 0 Å². The van der Waals surface area contributed by atoms with E-state index >= 15 is 0 Å². The smallest absolute Gasteiger partial charge is 0.330 e. The molecule has 0 unspecified atom stereocenters. The van der Waals surface area contributed by atoms with E-state index < -0.39 is 18.0 Å². The minimum Gasteiger partial charge on any atom is -0.330 e. The van der Waals surface area contributed by atoms with Gasteiger partial charge < -0.3 is 11.5 Å². The second kappa shape index (κ2) is 22.0. The molecule has 1 atom stereocenters. The van der Waals surface area contributed by atoms with Gasteiger partial charge in [0.25, 0.3) is 0 Å². The highest BCUT2D eigenvalue weighted by Crippen LogP contribution is 2.09. The monoisotopic (exact) mass is 424 g/mol. The Hall–Kier alpha value is -1.66. The predicted octanol–water partition coefficient (Wildman–Crippen LogP) is 5.26. The van der Waals surface area contributed by atoms with Crippen molar-refractivity contribution in [3.05, 3.63) is 24.3 Å². The first kappa shape index (κ1) is 28.3. The quantitative estimate of drug-likeness (QED) is 0.127. The van der Waals surface area contributed by atoms with Crippen LogP contribution >= 0.6 is 0 Å². The van der Waals surface area contributed by atoms with Crippen LogP contribution in [0.5, 0.6) is 0 Å². The van der Waals surface area contributed by atoms with E-state index in [0.717, 1.165) is 51.4 Å². The van der Waals surface area contributed by atoms with Gasteiger partial charge in [0.15, 0.2) is 0 Å². The van der Waals surface area contributed by atoms with Gasteiger partial charge in [0.2, 0.25) is 0 Å². The summed E-state index contributed by atoms with van der Waals surface area (Å²) in [6, 6.07) is -0.778. The van der Waals surface area contributed by atoms with Crippen LogP contribution in [-0.4, -0.2) is 24.5 Å². The Morgan fingerprint density at radius 3 is 2.10 bits per heavy atom. The number of rotatable bonds is 19. The number of hydrogen-bond donors (Lipinski definition) is 2. The molecule has 0 amide bonds. The molecule has 0 aliphatic heterocycles. The maximum Gasteiger partial charge on any atom is 0.372 e. The zero-order valence-corrected chi connectivity index (χ0v) is 19.0. The van der Waals surface area contributed by atoms with Crippen LogP contribution in [0, 0.1) is 0 Å². The van der Waals surface area contributed by atoms with Crippen LogP contribution < -0.4 is 11.5 Å². The van der Waals surface area contributed by atoms with E-state index in [-0.39, 0.29) is 6.42 Å². The Kier molecular flexibility index (Phi) is 20.8. The number of carbonyl (C=O) groups is 2. The number of nitrogens with two attached hydrogens (primary N) is 2. The third-order valence-corrected chi connectivity index (χ3v) is 4.82. The summed E-state index contributed by atoms with van der Waals surface area (Å²) in [5.74, 6) is -1.23. The summed E-state index contributed by atoms with van der Waals surface area (Å²) in [6.45, 7) is 2.79. The van der Waals surface area contributed by atoms with Gasteiger partial charge in [0.1, 0.15) is 6.04 Å². The Balaban J connectivity index is 3.48. The molecule has 0 saturated carbocycles. The van der Waals surface area contributed by atoms with Crippen LogP contribution in [0.2, 0.25) is 0 Å². The lowest BCUT2D eigenvalue weighted by Crippen LogP contribution is -2.33. The SMILES string of the molecule is CCCCC/C=C/C/C=C/CCCCCCCC(=O)OOC(=O)[C@@H](N)CCCCN. The molecule has 0 rings (SSSR count). The Bertz CT molecular complexity index is 478. The van der Waals surface area contributed by atoms with Crippen molar-refractivity contribution in [2.24, 2.45) is 11.5 Å². The minimum absolute atomic E-state index is 0.250. The molecule has 0 saturated heterocycles. The molecule has 0 radical (unpaired) electrons. The third-order valence-electron chi connectivity index (χ3n) is 4.82. The summed E-state index contributed by atoms with van der Waals surface area (Å²) < 4.78 is 0. The van der Waals surface area contributed by atoms with E-state index in [1.165, 1.54) is 32.1 Å². The molecule has 0 spiro atoms. The molecular formula is C24H44N2O4. The highest BCUT2D eigenvalue weighted by molar-refractivity contribution is 5.76. The summed E-state index contributed by atoms with van der Waals surface area (Å²) in [6.07, 6.45) is 23.6. The number of unbranched alkanes of at least 4 members (excludes halogenated alkanes) is 9. The first-order valence-electron chi connectivity index (χ1n) is 11.8. The van der Waals surface area contributed by atoms with Gasteiger partial charge in [0, 0.05) is 0 Å². The van der Waals surface area contributed by atoms with Gasteiger partial charge in [-0.2, -0.15) is 0 Å². The molecular weight excluding hydrogens is 380 g/mol. The summed E-state index contributed by atoms with van der Waals surface area (Å²) in [4.78, 5) is 32.2. The molecule has 0 aromatic heterocycles. The highest BCUT2D eigenvalue weighted by atomic mass is 17.2. The van der Waals surface area contributed by atoms with Crippen molar-refractivity contribution in [2.75, 3.05) is 6.54 Å². The fourth-order valence-electron chi connectivity index (χ4n) is 2.90. The minimum atomic E-state index is -0.778. The average molecular weight is 425 g/mol. The molecule has 0 aliphatic rings. The third kappa shape index (κ3) is 19.6. The van der Waals surface area contributed by atoms with E-state index in [9.17, 15) is 9.59 Å². The lowest BCUT2D eigenvalue weighted by atomic mass is 10.1. The normalized spacial score (nSPS) is 12.5. The van der Waals surface area contributed by atoms with Crippen molar-refractivity contribution in [1.29, 1.82) is 0 Å². The van der Waals surface area contributed by atoms with Crippen LogP contribution in [-0.2, 0) is 19.4 Å². The van der Waals surface area contributed by atoms with Crippen LogP contribution in [0.4, 0.5) is 0 Å². The van der Waals surface area contributed by atoms with Crippen LogP contribution in [0.25, 0.3) is 0 Å². The first-order valence-corrected chi connectivity index (χ1v) is 11.8. The zero-order chi connectivity index (χ0) is 22.3. The molecule has 0 fully saturated rings. The van der Waals surface area contributed by atoms with Gasteiger partial charge in [0.05, 0.1) is 6.42 Å². The average Bonchev–Trinajstić information content (AvgIpc) is 2.74. The van der Waals surface area contributed by atoms with E-state index in [2.05, 4.69) is 41.0 Å². The molecule has 6 heteroatoms. The zero-order valence-electron chi connectivity index (χ0n) is 19.0. The van der Waals surface area contributed by atoms with Gasteiger partial charge in [-0.25, -0.2) is 19.4 Å². The maximum absolute atomic E-state index is 11.6. The summed E-state index contributed by atoms with van der Waals surface area (Å²) in [5, 5.41) is 0. The largest absolute Gasteiger partial charge is 0.372 e. The second-order valence-corrected chi connectivity index (χ2v) is 7.73. The molecule has 0 heterocycles. The van der Waals surface area contributed by atoms with Crippen molar-refractivity contribution >= 4 is 11.9 Å². The van der Waals surface area contributed by atoms with Crippen molar-refractivity contribution < 1.29 is 19.4 Å². The van der Waals surface area contributed by atoms with Gasteiger partial charge in [-0.3, -0.25) is 0 Å². The molecule has 30 heavy (non-hydrogen) atoms. The van der Waals surface area contributed by atoms with Gasteiger partial charge >= 0.3 is 11.9 Å². The van der Waals surface area contributed by atoms with Crippen LogP contribution in [0.1, 0.15) is 103 Å². The van der Waals surface area contributed by atoms with E-state index in [4.69, 9.17) is 11.5 Å². The van der Waals surface area contributed by atoms with Gasteiger partial charge in [-0.1, -0.05) is 69.8 Å². The Labute approximate surface area is 183 Å². The van der Waals surface area contributed by atoms with Crippen molar-refractivity contribution in [1.82, 2.24) is 0 Å². The molecule has 4 N–H and O–H groups in total. The van der Waals surface area contributed by atoms with Crippen LogP contribution in [0.15, 0.2) is 24.3 Å². The molecule has 0 aromatic rings.